The number of fused-ring (bicyclic) bond motifs is 1. The van der Waals surface area contributed by atoms with Crippen molar-refractivity contribution in [1.82, 2.24) is 5.32 Å². The van der Waals surface area contributed by atoms with Crippen molar-refractivity contribution in [1.29, 1.82) is 0 Å². The minimum Gasteiger partial charge on any atom is -0.385 e. The Morgan fingerprint density at radius 1 is 1.10 bits per heavy atom. The van der Waals surface area contributed by atoms with Crippen molar-refractivity contribution in [2.45, 2.75) is 32.8 Å². The van der Waals surface area contributed by atoms with E-state index in [0.717, 1.165) is 25.1 Å². The highest BCUT2D eigenvalue weighted by atomic mass is 16.3. The van der Waals surface area contributed by atoms with Gasteiger partial charge >= 0.3 is 0 Å². The van der Waals surface area contributed by atoms with Crippen molar-refractivity contribution in [3.05, 3.63) is 48.0 Å². The maximum atomic E-state index is 10.7. The molecule has 2 nitrogen and oxygen atoms in total. The molecule has 0 saturated heterocycles. The van der Waals surface area contributed by atoms with Gasteiger partial charge in [-0.3, -0.25) is 0 Å². The van der Waals surface area contributed by atoms with E-state index in [4.69, 9.17) is 0 Å². The summed E-state index contributed by atoms with van der Waals surface area (Å²) in [6.07, 6.45) is 0.720. The first kappa shape index (κ1) is 15.0. The minimum atomic E-state index is -0.784. The van der Waals surface area contributed by atoms with Crippen molar-refractivity contribution >= 4 is 10.8 Å². The molecular formula is C18H25NO. The first-order valence-electron chi connectivity index (χ1n) is 7.41. The van der Waals surface area contributed by atoms with Crippen molar-refractivity contribution < 1.29 is 5.11 Å². The van der Waals surface area contributed by atoms with Crippen LogP contribution in [0, 0.1) is 5.92 Å². The van der Waals surface area contributed by atoms with E-state index in [1.807, 2.05) is 25.1 Å². The van der Waals surface area contributed by atoms with Crippen LogP contribution in [0.2, 0.25) is 0 Å². The number of hydrogen-bond donors (Lipinski definition) is 2. The molecule has 0 amide bonds. The quantitative estimate of drug-likeness (QED) is 0.785. The van der Waals surface area contributed by atoms with E-state index in [1.165, 1.54) is 10.8 Å². The van der Waals surface area contributed by atoms with Crippen LogP contribution in [0.1, 0.15) is 32.8 Å². The number of aliphatic hydroxyl groups is 1. The van der Waals surface area contributed by atoms with Crippen molar-refractivity contribution in [3.63, 3.8) is 0 Å². The van der Waals surface area contributed by atoms with Gasteiger partial charge in [0.1, 0.15) is 0 Å². The first-order valence-corrected chi connectivity index (χ1v) is 7.41. The molecule has 20 heavy (non-hydrogen) atoms. The predicted molar refractivity (Wildman–Crippen MR) is 85.8 cm³/mol. The van der Waals surface area contributed by atoms with Crippen LogP contribution < -0.4 is 5.32 Å². The maximum absolute atomic E-state index is 10.7. The molecule has 2 rings (SSSR count). The summed E-state index contributed by atoms with van der Waals surface area (Å²) in [6.45, 7) is 8.10. The summed E-state index contributed by atoms with van der Waals surface area (Å²) < 4.78 is 0. The number of nitrogens with one attached hydrogen (secondary N) is 1. The van der Waals surface area contributed by atoms with Crippen LogP contribution in [0.25, 0.3) is 10.8 Å². The van der Waals surface area contributed by atoms with Gasteiger partial charge in [-0.2, -0.15) is 0 Å². The zero-order chi connectivity index (χ0) is 14.6. The van der Waals surface area contributed by atoms with Crippen LogP contribution in [0.3, 0.4) is 0 Å². The molecule has 108 valence electrons. The molecular weight excluding hydrogens is 246 g/mol. The summed E-state index contributed by atoms with van der Waals surface area (Å²) >= 11 is 0. The van der Waals surface area contributed by atoms with E-state index in [-0.39, 0.29) is 0 Å². The van der Waals surface area contributed by atoms with Crippen LogP contribution in [0.5, 0.6) is 0 Å². The lowest BCUT2D eigenvalue weighted by Gasteiger charge is -2.24. The smallest absolute Gasteiger partial charge is 0.0880 e. The lowest BCUT2D eigenvalue weighted by Crippen LogP contribution is -2.29. The molecule has 2 N–H and O–H groups in total. The van der Waals surface area contributed by atoms with Crippen LogP contribution >= 0.6 is 0 Å². The summed E-state index contributed by atoms with van der Waals surface area (Å²) in [6, 6.07) is 14.5. The van der Waals surface area contributed by atoms with Crippen LogP contribution in [0.15, 0.2) is 42.5 Å². The zero-order valence-electron chi connectivity index (χ0n) is 12.7. The molecule has 0 heterocycles. The van der Waals surface area contributed by atoms with E-state index in [2.05, 4.69) is 43.4 Å². The monoisotopic (exact) mass is 271 g/mol. The molecule has 0 fully saturated rings. The summed E-state index contributed by atoms with van der Waals surface area (Å²) in [7, 11) is 0. The van der Waals surface area contributed by atoms with Gasteiger partial charge < -0.3 is 10.4 Å². The predicted octanol–water partition coefficient (Wildman–Crippen LogP) is 3.68. The molecule has 0 saturated carbocycles. The highest BCUT2D eigenvalue weighted by Crippen LogP contribution is 2.27. The molecule has 0 bridgehead atoms. The Morgan fingerprint density at radius 2 is 1.80 bits per heavy atom. The van der Waals surface area contributed by atoms with Gasteiger partial charge in [-0.15, -0.1) is 0 Å². The highest BCUT2D eigenvalue weighted by Gasteiger charge is 2.22. The molecule has 0 aliphatic rings. The van der Waals surface area contributed by atoms with Gasteiger partial charge in [0.05, 0.1) is 5.60 Å². The Kier molecular flexibility index (Phi) is 4.79. The fraction of sp³-hybridized carbons (Fsp3) is 0.444. The van der Waals surface area contributed by atoms with Crippen molar-refractivity contribution in [2.24, 2.45) is 5.92 Å². The lowest BCUT2D eigenvalue weighted by molar-refractivity contribution is 0.0480. The summed E-state index contributed by atoms with van der Waals surface area (Å²) in [5.74, 6) is 0.639. The standard InChI is InChI=1S/C18H25NO/c1-14(2)13-19-11-10-18(3,20)17-9-8-15-6-4-5-7-16(15)12-17/h4-9,12,14,19-20H,10-11,13H2,1-3H3. The van der Waals surface area contributed by atoms with Gasteiger partial charge in [0.15, 0.2) is 0 Å². The lowest BCUT2D eigenvalue weighted by atomic mass is 9.91. The molecule has 0 aliphatic carbocycles. The molecule has 2 aromatic carbocycles. The number of rotatable bonds is 6. The fourth-order valence-electron chi connectivity index (χ4n) is 2.39. The van der Waals surface area contributed by atoms with Gasteiger partial charge in [-0.05, 0) is 54.8 Å². The highest BCUT2D eigenvalue weighted by molar-refractivity contribution is 5.83. The minimum absolute atomic E-state index is 0.639. The third-order valence-electron chi connectivity index (χ3n) is 3.71. The number of benzene rings is 2. The molecule has 0 spiro atoms. The zero-order valence-corrected chi connectivity index (χ0v) is 12.7. The van der Waals surface area contributed by atoms with E-state index < -0.39 is 5.60 Å². The second kappa shape index (κ2) is 6.38. The molecule has 1 atom stereocenters. The van der Waals surface area contributed by atoms with Crippen molar-refractivity contribution in [3.8, 4) is 0 Å². The average Bonchev–Trinajstić information content (AvgIpc) is 2.43. The molecule has 0 radical (unpaired) electrons. The van der Waals surface area contributed by atoms with Gasteiger partial charge in [0, 0.05) is 0 Å². The Balaban J connectivity index is 2.06. The molecule has 0 aliphatic heterocycles. The van der Waals surface area contributed by atoms with E-state index in [9.17, 15) is 5.11 Å². The third kappa shape index (κ3) is 3.81. The van der Waals surface area contributed by atoms with Crippen LogP contribution in [0.4, 0.5) is 0 Å². The van der Waals surface area contributed by atoms with Gasteiger partial charge in [0.2, 0.25) is 0 Å². The average molecular weight is 271 g/mol. The Morgan fingerprint density at radius 3 is 2.50 bits per heavy atom. The Labute approximate surface area is 121 Å². The van der Waals surface area contributed by atoms with Gasteiger partial charge in [0.25, 0.3) is 0 Å². The second-order valence-corrected chi connectivity index (χ2v) is 6.18. The van der Waals surface area contributed by atoms with Crippen LogP contribution in [-0.4, -0.2) is 18.2 Å². The molecule has 2 heteroatoms. The largest absolute Gasteiger partial charge is 0.385 e. The molecule has 2 aromatic rings. The molecule has 0 aromatic heterocycles. The summed E-state index contributed by atoms with van der Waals surface area (Å²) in [5.41, 5.74) is 0.205. The van der Waals surface area contributed by atoms with E-state index >= 15 is 0 Å². The first-order chi connectivity index (χ1) is 9.49. The maximum Gasteiger partial charge on any atom is 0.0880 e. The fourth-order valence-corrected chi connectivity index (χ4v) is 2.39. The number of hydrogen-bond acceptors (Lipinski definition) is 2. The topological polar surface area (TPSA) is 32.3 Å². The Bertz CT molecular complexity index is 560. The van der Waals surface area contributed by atoms with Crippen molar-refractivity contribution in [2.75, 3.05) is 13.1 Å². The van der Waals surface area contributed by atoms with Gasteiger partial charge in [-0.1, -0.05) is 50.2 Å². The van der Waals surface area contributed by atoms with Crippen LogP contribution in [-0.2, 0) is 5.60 Å². The Hall–Kier alpha value is -1.38. The summed E-state index contributed by atoms with van der Waals surface area (Å²) in [5, 5.41) is 16.5. The normalized spacial score (nSPS) is 14.7. The van der Waals surface area contributed by atoms with E-state index in [1.54, 1.807) is 0 Å². The van der Waals surface area contributed by atoms with E-state index in [0.29, 0.717) is 5.92 Å². The third-order valence-corrected chi connectivity index (χ3v) is 3.71. The molecule has 1 unspecified atom stereocenters. The summed E-state index contributed by atoms with van der Waals surface area (Å²) in [4.78, 5) is 0. The SMILES string of the molecule is CC(C)CNCCC(C)(O)c1ccc2ccccc2c1. The van der Waals surface area contributed by atoms with Gasteiger partial charge in [-0.25, -0.2) is 0 Å². The second-order valence-electron chi connectivity index (χ2n) is 6.18.